The minimum Gasteiger partial charge on any atom is -0.388 e. The van der Waals surface area contributed by atoms with Crippen LogP contribution >= 0.6 is 31.9 Å². The maximum Gasteiger partial charge on any atom is 0.243 e. The van der Waals surface area contributed by atoms with Crippen LogP contribution in [0.3, 0.4) is 0 Å². The number of hydrogen-bond acceptors (Lipinski definition) is 3. The lowest BCUT2D eigenvalue weighted by molar-refractivity contribution is 0.0819. The zero-order valence-electron chi connectivity index (χ0n) is 14.1. The van der Waals surface area contributed by atoms with Crippen LogP contribution in [0.15, 0.2) is 70.0 Å². The first-order valence-electron chi connectivity index (χ1n) is 8.09. The number of sulfonamides is 1. The van der Waals surface area contributed by atoms with E-state index in [0.29, 0.717) is 0 Å². The molecule has 0 bridgehead atoms. The zero-order chi connectivity index (χ0) is 18.9. The number of benzene rings is 2. The molecular formula is C19H19Br2NO3S. The summed E-state index contributed by atoms with van der Waals surface area (Å²) in [7, 11) is -3.74. The lowest BCUT2D eigenvalue weighted by Crippen LogP contribution is -2.36. The Balaban J connectivity index is 1.97. The van der Waals surface area contributed by atoms with Crippen molar-refractivity contribution in [3.8, 4) is 0 Å². The predicted molar refractivity (Wildman–Crippen MR) is 111 cm³/mol. The van der Waals surface area contributed by atoms with E-state index in [1.165, 1.54) is 4.31 Å². The van der Waals surface area contributed by atoms with Crippen LogP contribution in [-0.4, -0.2) is 40.8 Å². The van der Waals surface area contributed by atoms with Gasteiger partial charge in [0.05, 0.1) is 21.4 Å². The van der Waals surface area contributed by atoms with E-state index in [-0.39, 0.29) is 11.4 Å². The van der Waals surface area contributed by atoms with Crippen LogP contribution < -0.4 is 0 Å². The molecule has 138 valence electrons. The Bertz CT molecular complexity index is 896. The molecule has 1 fully saturated rings. The fourth-order valence-electron chi connectivity index (χ4n) is 2.98. The number of rotatable bonds is 4. The van der Waals surface area contributed by atoms with Gasteiger partial charge in [-0.2, -0.15) is 4.31 Å². The van der Waals surface area contributed by atoms with Crippen LogP contribution in [-0.2, 0) is 10.0 Å². The molecule has 1 N–H and O–H groups in total. The van der Waals surface area contributed by atoms with Gasteiger partial charge in [0.25, 0.3) is 0 Å². The van der Waals surface area contributed by atoms with E-state index in [4.69, 9.17) is 0 Å². The fraction of sp³-hybridized carbons (Fsp3) is 0.263. The second-order valence-corrected chi connectivity index (χ2v) is 10.3. The Morgan fingerprint density at radius 1 is 1.15 bits per heavy atom. The number of halogens is 2. The molecule has 1 aliphatic rings. The highest BCUT2D eigenvalue weighted by Crippen LogP contribution is 2.38. The third kappa shape index (κ3) is 3.97. The van der Waals surface area contributed by atoms with Gasteiger partial charge in [0.1, 0.15) is 0 Å². The standard InChI is InChI=1S/C19H19Br2NO3S/c1-19(23)13-22(26(24,25)16-10-8-15(20)9-11-16)17(18(19)21)12-7-14-5-3-2-4-6-14/h2-12,17-18,23H,13H2,1H3/b12-7+/t17-,18-,19+/m0/s1. The molecule has 1 heterocycles. The maximum atomic E-state index is 13.1. The van der Waals surface area contributed by atoms with Crippen LogP contribution in [0.2, 0.25) is 0 Å². The van der Waals surface area contributed by atoms with Crippen molar-refractivity contribution in [1.29, 1.82) is 0 Å². The molecule has 0 saturated carbocycles. The van der Waals surface area contributed by atoms with Crippen molar-refractivity contribution in [3.63, 3.8) is 0 Å². The van der Waals surface area contributed by atoms with Crippen LogP contribution in [0, 0.1) is 0 Å². The number of aliphatic hydroxyl groups is 1. The van der Waals surface area contributed by atoms with E-state index >= 15 is 0 Å². The molecule has 3 atom stereocenters. The Kier molecular flexibility index (Phi) is 5.75. The predicted octanol–water partition coefficient (Wildman–Crippen LogP) is 4.05. The van der Waals surface area contributed by atoms with Gasteiger partial charge in [-0.25, -0.2) is 8.42 Å². The molecule has 3 rings (SSSR count). The first kappa shape index (κ1) is 19.8. The smallest absolute Gasteiger partial charge is 0.243 e. The molecule has 1 aliphatic heterocycles. The summed E-state index contributed by atoms with van der Waals surface area (Å²) in [6, 6.07) is 15.7. The van der Waals surface area contributed by atoms with E-state index in [0.717, 1.165) is 10.0 Å². The van der Waals surface area contributed by atoms with Crippen LogP contribution in [0.25, 0.3) is 6.08 Å². The zero-order valence-corrected chi connectivity index (χ0v) is 18.1. The Hall–Kier alpha value is -0.990. The summed E-state index contributed by atoms with van der Waals surface area (Å²) in [6.07, 6.45) is 3.71. The van der Waals surface area contributed by atoms with Gasteiger partial charge < -0.3 is 5.11 Å². The second kappa shape index (κ2) is 7.56. The van der Waals surface area contributed by atoms with Gasteiger partial charge in [-0.1, -0.05) is 74.3 Å². The molecule has 0 amide bonds. The van der Waals surface area contributed by atoms with Gasteiger partial charge in [-0.05, 0) is 36.8 Å². The minimum absolute atomic E-state index is 0.0190. The fourth-order valence-corrected chi connectivity index (χ4v) is 5.70. The highest BCUT2D eigenvalue weighted by molar-refractivity contribution is 9.10. The molecule has 0 unspecified atom stereocenters. The summed E-state index contributed by atoms with van der Waals surface area (Å²) < 4.78 is 28.5. The van der Waals surface area contributed by atoms with Crippen molar-refractivity contribution in [2.75, 3.05) is 6.54 Å². The summed E-state index contributed by atoms with van der Waals surface area (Å²) in [6.45, 7) is 1.66. The van der Waals surface area contributed by atoms with E-state index in [1.54, 1.807) is 31.2 Å². The highest BCUT2D eigenvalue weighted by Gasteiger charge is 2.51. The number of hydrogen-bond donors (Lipinski definition) is 1. The molecule has 2 aromatic carbocycles. The number of nitrogens with zero attached hydrogens (tertiary/aromatic N) is 1. The van der Waals surface area contributed by atoms with Gasteiger partial charge in [0.15, 0.2) is 0 Å². The van der Waals surface area contributed by atoms with Crippen molar-refractivity contribution < 1.29 is 13.5 Å². The van der Waals surface area contributed by atoms with Crippen LogP contribution in [0.1, 0.15) is 12.5 Å². The Morgan fingerprint density at radius 3 is 2.38 bits per heavy atom. The van der Waals surface area contributed by atoms with Crippen LogP contribution in [0.5, 0.6) is 0 Å². The summed E-state index contributed by atoms with van der Waals surface area (Å²) in [5, 5.41) is 10.7. The summed E-state index contributed by atoms with van der Waals surface area (Å²) in [4.78, 5) is -0.212. The summed E-state index contributed by atoms with van der Waals surface area (Å²) in [5.74, 6) is 0. The van der Waals surface area contributed by atoms with Gasteiger partial charge in [0, 0.05) is 11.0 Å². The van der Waals surface area contributed by atoms with Gasteiger partial charge >= 0.3 is 0 Å². The van der Waals surface area contributed by atoms with E-state index in [2.05, 4.69) is 31.9 Å². The minimum atomic E-state index is -3.74. The lowest BCUT2D eigenvalue weighted by atomic mass is 10.0. The molecule has 4 nitrogen and oxygen atoms in total. The van der Waals surface area contributed by atoms with Gasteiger partial charge in [0.2, 0.25) is 10.0 Å². The monoisotopic (exact) mass is 499 g/mol. The lowest BCUT2D eigenvalue weighted by Gasteiger charge is -2.23. The molecule has 26 heavy (non-hydrogen) atoms. The molecule has 0 aliphatic carbocycles. The summed E-state index contributed by atoms with van der Waals surface area (Å²) >= 11 is 6.82. The Morgan fingerprint density at radius 2 is 1.77 bits per heavy atom. The summed E-state index contributed by atoms with van der Waals surface area (Å²) in [5.41, 5.74) is -0.201. The second-order valence-electron chi connectivity index (χ2n) is 6.52. The first-order valence-corrected chi connectivity index (χ1v) is 11.2. The number of β-amino-alcohol motifs (C(OH)–C–C–N with tert-alkyl or cyclic N) is 1. The molecule has 2 aromatic rings. The van der Waals surface area contributed by atoms with Crippen molar-refractivity contribution in [2.45, 2.75) is 28.3 Å². The molecule has 1 saturated heterocycles. The van der Waals surface area contributed by atoms with E-state index < -0.39 is 26.5 Å². The van der Waals surface area contributed by atoms with E-state index in [9.17, 15) is 13.5 Å². The largest absolute Gasteiger partial charge is 0.388 e. The van der Waals surface area contributed by atoms with Crippen molar-refractivity contribution in [2.24, 2.45) is 0 Å². The quantitative estimate of drug-likeness (QED) is 0.644. The third-order valence-corrected chi connectivity index (χ3v) is 8.32. The molecule has 7 heteroatoms. The molecule has 0 aromatic heterocycles. The number of alkyl halides is 1. The first-order chi connectivity index (χ1) is 12.2. The average Bonchev–Trinajstić information content (AvgIpc) is 2.85. The molecular weight excluding hydrogens is 482 g/mol. The van der Waals surface area contributed by atoms with Gasteiger partial charge in [-0.15, -0.1) is 0 Å². The maximum absolute atomic E-state index is 13.1. The van der Waals surface area contributed by atoms with Crippen molar-refractivity contribution in [3.05, 3.63) is 70.7 Å². The molecule has 0 spiro atoms. The van der Waals surface area contributed by atoms with E-state index in [1.807, 2.05) is 42.5 Å². The van der Waals surface area contributed by atoms with Crippen LogP contribution in [0.4, 0.5) is 0 Å². The van der Waals surface area contributed by atoms with Crippen molar-refractivity contribution >= 4 is 48.0 Å². The third-order valence-electron chi connectivity index (χ3n) is 4.41. The SMILES string of the molecule is C[C@@]1(O)CN(S(=O)(=O)c2ccc(Br)cc2)[C@@H](/C=C/c2ccccc2)[C@@H]1Br. The highest BCUT2D eigenvalue weighted by atomic mass is 79.9. The topological polar surface area (TPSA) is 57.6 Å². The Labute approximate surface area is 170 Å². The normalized spacial score (nSPS) is 27.2. The molecule has 0 radical (unpaired) electrons. The average molecular weight is 501 g/mol. The van der Waals surface area contributed by atoms with Gasteiger partial charge in [-0.3, -0.25) is 0 Å². The van der Waals surface area contributed by atoms with Crippen molar-refractivity contribution in [1.82, 2.24) is 4.31 Å².